The second-order valence-corrected chi connectivity index (χ2v) is 7.30. The molecule has 1 heterocycles. The first-order chi connectivity index (χ1) is 10.7. The van der Waals surface area contributed by atoms with Crippen LogP contribution in [0.4, 0.5) is 5.69 Å². The minimum absolute atomic E-state index is 0.0488. The van der Waals surface area contributed by atoms with Crippen molar-refractivity contribution in [3.63, 3.8) is 0 Å². The van der Waals surface area contributed by atoms with Crippen LogP contribution in [0.2, 0.25) is 0 Å². The quantitative estimate of drug-likeness (QED) is 0.818. The van der Waals surface area contributed by atoms with Gasteiger partial charge in [-0.1, -0.05) is 11.8 Å². The summed E-state index contributed by atoms with van der Waals surface area (Å²) in [6, 6.07) is 8.22. The highest BCUT2D eigenvalue weighted by molar-refractivity contribution is 8.00. The Morgan fingerprint density at radius 3 is 2.73 bits per heavy atom. The van der Waals surface area contributed by atoms with Gasteiger partial charge in [0.25, 0.3) is 0 Å². The number of hydrogen-bond donors (Lipinski definition) is 1. The van der Waals surface area contributed by atoms with Gasteiger partial charge in [0.05, 0.1) is 11.3 Å². The van der Waals surface area contributed by atoms with Crippen molar-refractivity contribution in [2.75, 3.05) is 11.6 Å². The summed E-state index contributed by atoms with van der Waals surface area (Å²) in [6.07, 6.45) is 4.25. The first-order valence-electron chi connectivity index (χ1n) is 7.07. The number of aromatic nitrogens is 4. The average molecular weight is 335 g/mol. The number of thioether (sulfide) groups is 2. The molecule has 1 fully saturated rings. The third-order valence-electron chi connectivity index (χ3n) is 3.36. The lowest BCUT2D eigenvalue weighted by molar-refractivity contribution is -0.115. The van der Waals surface area contributed by atoms with Crippen LogP contribution in [0, 0.1) is 0 Å². The van der Waals surface area contributed by atoms with Crippen molar-refractivity contribution in [1.29, 1.82) is 0 Å². The van der Waals surface area contributed by atoms with Crippen molar-refractivity contribution in [2.45, 2.75) is 41.1 Å². The van der Waals surface area contributed by atoms with Crippen molar-refractivity contribution in [3.8, 4) is 0 Å². The number of carbonyl (C=O) groups is 1. The third-order valence-corrected chi connectivity index (χ3v) is 5.16. The van der Waals surface area contributed by atoms with Gasteiger partial charge in [0.1, 0.15) is 0 Å². The summed E-state index contributed by atoms with van der Waals surface area (Å²) in [5, 5.41) is 15.1. The van der Waals surface area contributed by atoms with Crippen LogP contribution < -0.4 is 5.32 Å². The van der Waals surface area contributed by atoms with Gasteiger partial charge in [-0.15, -0.1) is 16.9 Å². The molecule has 1 N–H and O–H groups in total. The fourth-order valence-corrected chi connectivity index (χ4v) is 3.21. The molecule has 116 valence electrons. The Morgan fingerprint density at radius 2 is 2.09 bits per heavy atom. The van der Waals surface area contributed by atoms with Gasteiger partial charge in [0.2, 0.25) is 11.1 Å². The molecule has 1 amide bonds. The van der Waals surface area contributed by atoms with E-state index in [4.69, 9.17) is 0 Å². The Bertz CT molecular complexity index is 654. The van der Waals surface area contributed by atoms with Crippen molar-refractivity contribution >= 4 is 35.1 Å². The van der Waals surface area contributed by atoms with E-state index in [9.17, 15) is 4.79 Å². The third kappa shape index (κ3) is 3.61. The van der Waals surface area contributed by atoms with Gasteiger partial charge in [-0.3, -0.25) is 4.79 Å². The van der Waals surface area contributed by atoms with E-state index >= 15 is 0 Å². The molecule has 0 bridgehead atoms. The summed E-state index contributed by atoms with van der Waals surface area (Å²) in [5.41, 5.74) is 0.803. The number of hydrogen-bond acceptors (Lipinski definition) is 6. The molecule has 1 aromatic carbocycles. The minimum atomic E-state index is -0.260. The SMILES string of the molecule is CSc1ccc(NC(=O)C(C)Sc2nnnn2C2CC2)cc1. The van der Waals surface area contributed by atoms with Gasteiger partial charge in [-0.2, -0.15) is 0 Å². The Balaban J connectivity index is 1.60. The number of carbonyl (C=O) groups excluding carboxylic acids is 1. The smallest absolute Gasteiger partial charge is 0.237 e. The van der Waals surface area contributed by atoms with Gasteiger partial charge in [-0.25, -0.2) is 4.68 Å². The van der Waals surface area contributed by atoms with Gasteiger partial charge in [0.15, 0.2) is 0 Å². The molecular formula is C14H17N5OS2. The fourth-order valence-electron chi connectivity index (χ4n) is 1.94. The lowest BCUT2D eigenvalue weighted by Gasteiger charge is -2.11. The van der Waals surface area contributed by atoms with Crippen LogP contribution in [0.5, 0.6) is 0 Å². The van der Waals surface area contributed by atoms with Crippen LogP contribution in [-0.4, -0.2) is 37.6 Å². The molecule has 1 aliphatic rings. The van der Waals surface area contributed by atoms with Crippen LogP contribution in [-0.2, 0) is 4.79 Å². The molecule has 22 heavy (non-hydrogen) atoms. The number of nitrogens with zero attached hydrogens (tertiary/aromatic N) is 4. The number of anilines is 1. The summed E-state index contributed by atoms with van der Waals surface area (Å²) in [5.74, 6) is -0.0488. The molecule has 0 aliphatic heterocycles. The fraction of sp³-hybridized carbons (Fsp3) is 0.429. The standard InChI is InChI=1S/C14H17N5OS2/c1-9(22-14-16-17-18-19(14)11-5-6-11)13(20)15-10-3-7-12(21-2)8-4-10/h3-4,7-9,11H,5-6H2,1-2H3,(H,15,20). The molecule has 1 aromatic heterocycles. The van der Waals surface area contributed by atoms with Crippen LogP contribution in [0.1, 0.15) is 25.8 Å². The molecule has 1 unspecified atom stereocenters. The summed E-state index contributed by atoms with van der Waals surface area (Å²) < 4.78 is 1.82. The van der Waals surface area contributed by atoms with Crippen molar-refractivity contribution in [1.82, 2.24) is 20.2 Å². The van der Waals surface area contributed by atoms with Crippen LogP contribution in [0.25, 0.3) is 0 Å². The van der Waals surface area contributed by atoms with Crippen molar-refractivity contribution < 1.29 is 4.79 Å². The largest absolute Gasteiger partial charge is 0.325 e. The van der Waals surface area contributed by atoms with E-state index in [1.54, 1.807) is 11.8 Å². The summed E-state index contributed by atoms with van der Waals surface area (Å²) in [7, 11) is 0. The molecule has 1 atom stereocenters. The van der Waals surface area contributed by atoms with E-state index in [-0.39, 0.29) is 11.2 Å². The lowest BCUT2D eigenvalue weighted by atomic mass is 10.3. The molecule has 3 rings (SSSR count). The highest BCUT2D eigenvalue weighted by Crippen LogP contribution is 2.37. The summed E-state index contributed by atoms with van der Waals surface area (Å²) in [6.45, 7) is 1.86. The van der Waals surface area contributed by atoms with Crippen molar-refractivity contribution in [3.05, 3.63) is 24.3 Å². The number of amides is 1. The lowest BCUT2D eigenvalue weighted by Crippen LogP contribution is -2.22. The first-order valence-corrected chi connectivity index (χ1v) is 9.17. The summed E-state index contributed by atoms with van der Waals surface area (Å²) >= 11 is 3.06. The second-order valence-electron chi connectivity index (χ2n) is 5.12. The van der Waals surface area contributed by atoms with E-state index in [0.29, 0.717) is 11.2 Å². The molecule has 1 saturated carbocycles. The van der Waals surface area contributed by atoms with Crippen LogP contribution in [0.3, 0.4) is 0 Å². The van der Waals surface area contributed by atoms with Gasteiger partial charge in [0, 0.05) is 10.6 Å². The average Bonchev–Trinajstić information content (AvgIpc) is 3.28. The monoisotopic (exact) mass is 335 g/mol. The molecule has 8 heteroatoms. The highest BCUT2D eigenvalue weighted by atomic mass is 32.2. The Labute approximate surface area is 137 Å². The zero-order valence-electron chi connectivity index (χ0n) is 12.4. The summed E-state index contributed by atoms with van der Waals surface area (Å²) in [4.78, 5) is 13.4. The predicted octanol–water partition coefficient (Wildman–Crippen LogP) is 2.85. The molecular weight excluding hydrogens is 318 g/mol. The van der Waals surface area contributed by atoms with Gasteiger partial charge in [-0.05, 0) is 60.7 Å². The number of nitrogens with one attached hydrogen (secondary N) is 1. The Morgan fingerprint density at radius 1 is 1.36 bits per heavy atom. The molecule has 0 radical (unpaired) electrons. The molecule has 0 spiro atoms. The zero-order chi connectivity index (χ0) is 15.5. The van der Waals surface area contributed by atoms with Crippen LogP contribution >= 0.6 is 23.5 Å². The van der Waals surface area contributed by atoms with Gasteiger partial charge < -0.3 is 5.32 Å². The Hall–Kier alpha value is -1.54. The maximum absolute atomic E-state index is 12.3. The normalized spacial score (nSPS) is 15.5. The van der Waals surface area contributed by atoms with E-state index in [0.717, 1.165) is 18.5 Å². The van der Waals surface area contributed by atoms with E-state index in [1.807, 2.05) is 42.1 Å². The molecule has 0 saturated heterocycles. The number of rotatable bonds is 6. The number of tetrazole rings is 1. The predicted molar refractivity (Wildman–Crippen MR) is 88.3 cm³/mol. The van der Waals surface area contributed by atoms with E-state index in [2.05, 4.69) is 20.8 Å². The van der Waals surface area contributed by atoms with Crippen molar-refractivity contribution in [2.24, 2.45) is 0 Å². The maximum Gasteiger partial charge on any atom is 0.237 e. The minimum Gasteiger partial charge on any atom is -0.325 e. The van der Waals surface area contributed by atoms with E-state index in [1.165, 1.54) is 16.7 Å². The van der Waals surface area contributed by atoms with E-state index < -0.39 is 0 Å². The molecule has 2 aromatic rings. The molecule has 1 aliphatic carbocycles. The highest BCUT2D eigenvalue weighted by Gasteiger charge is 2.29. The maximum atomic E-state index is 12.3. The van der Waals surface area contributed by atoms with Crippen LogP contribution in [0.15, 0.2) is 34.3 Å². The first kappa shape index (κ1) is 15.4. The Kier molecular flexibility index (Phi) is 4.68. The topological polar surface area (TPSA) is 72.7 Å². The number of benzene rings is 1. The molecule has 6 nitrogen and oxygen atoms in total. The van der Waals surface area contributed by atoms with Gasteiger partial charge >= 0.3 is 0 Å². The second kappa shape index (κ2) is 6.70. The zero-order valence-corrected chi connectivity index (χ0v) is 14.0.